The van der Waals surface area contributed by atoms with E-state index >= 15 is 0 Å². The Kier molecular flexibility index (Phi) is 5.18. The van der Waals surface area contributed by atoms with E-state index < -0.39 is 29.5 Å². The van der Waals surface area contributed by atoms with E-state index in [-0.39, 0.29) is 18.5 Å². The van der Waals surface area contributed by atoms with Gasteiger partial charge in [-0.05, 0) is 11.5 Å². The lowest BCUT2D eigenvalue weighted by molar-refractivity contribution is -0.873. The molecular weight excluding hydrogens is 326 g/mol. The highest BCUT2D eigenvalue weighted by molar-refractivity contribution is 6.08. The molecule has 0 amide bonds. The Hall–Kier alpha value is -2.80. The minimum atomic E-state index is -1.09. The number of hydrogen-bond acceptors (Lipinski definition) is 5. The van der Waals surface area contributed by atoms with Crippen LogP contribution >= 0.6 is 0 Å². The number of hydrogen-bond donors (Lipinski definition) is 3. The zero-order valence-electron chi connectivity index (χ0n) is 14.4. The van der Waals surface area contributed by atoms with Crippen molar-refractivity contribution in [3.05, 3.63) is 35.9 Å². The molecule has 7 heteroatoms. The maximum Gasteiger partial charge on any atom is 0.343 e. The summed E-state index contributed by atoms with van der Waals surface area (Å²) in [5, 5.41) is 30.0. The molecule has 3 N–H and O–H groups in total. The van der Waals surface area contributed by atoms with Gasteiger partial charge in [0.25, 0.3) is 0 Å². The van der Waals surface area contributed by atoms with Crippen LogP contribution in [0.15, 0.2) is 30.3 Å². The number of fused-ring (bicyclic) bond motifs is 1. The fourth-order valence-corrected chi connectivity index (χ4v) is 2.69. The summed E-state index contributed by atoms with van der Waals surface area (Å²) < 4.78 is 5.76. The number of quaternary nitrogens is 1. The number of ether oxygens (including phenoxy) is 1. The van der Waals surface area contributed by atoms with Gasteiger partial charge in [0.05, 0.1) is 27.6 Å². The minimum absolute atomic E-state index is 0.174. The highest BCUT2D eigenvalue weighted by Crippen LogP contribution is 2.36. The highest BCUT2D eigenvalue weighted by Gasteiger charge is 2.28. The molecule has 0 aliphatic heterocycles. The third-order valence-electron chi connectivity index (χ3n) is 3.63. The maximum atomic E-state index is 12.6. The van der Waals surface area contributed by atoms with Crippen molar-refractivity contribution in [3.63, 3.8) is 0 Å². The maximum absolute atomic E-state index is 12.6. The van der Waals surface area contributed by atoms with Crippen LogP contribution in [-0.2, 0) is 9.53 Å². The van der Waals surface area contributed by atoms with Gasteiger partial charge in [-0.15, -0.1) is 0 Å². The highest BCUT2D eigenvalue weighted by atomic mass is 16.5. The molecule has 25 heavy (non-hydrogen) atoms. The molecule has 0 heterocycles. The number of likely N-dealkylation sites (N-methyl/N-ethyl adjacent to an activating group) is 1. The van der Waals surface area contributed by atoms with Crippen LogP contribution in [0.5, 0.6) is 11.5 Å². The number of rotatable bonds is 6. The molecule has 0 aliphatic rings. The summed E-state index contributed by atoms with van der Waals surface area (Å²) in [5.74, 6) is -2.98. The fourth-order valence-electron chi connectivity index (χ4n) is 2.69. The van der Waals surface area contributed by atoms with Crippen molar-refractivity contribution in [2.24, 2.45) is 0 Å². The first-order valence-electron chi connectivity index (χ1n) is 7.75. The lowest BCUT2D eigenvalue weighted by Gasteiger charge is -2.28. The molecule has 0 fully saturated rings. The summed E-state index contributed by atoms with van der Waals surface area (Å²) in [6.45, 7) is 0.287. The van der Waals surface area contributed by atoms with Gasteiger partial charge in [0.2, 0.25) is 0 Å². The van der Waals surface area contributed by atoms with Gasteiger partial charge >= 0.3 is 11.9 Å². The van der Waals surface area contributed by atoms with Crippen molar-refractivity contribution in [1.29, 1.82) is 0 Å². The van der Waals surface area contributed by atoms with Gasteiger partial charge in [-0.1, -0.05) is 24.3 Å². The quantitative estimate of drug-likeness (QED) is 0.419. The number of aliphatic carboxylic acids is 1. The van der Waals surface area contributed by atoms with Crippen molar-refractivity contribution < 1.29 is 34.1 Å². The number of benzene rings is 2. The molecular formula is C18H22NO6+. The predicted octanol–water partition coefficient (Wildman–Crippen LogP) is 1.96. The van der Waals surface area contributed by atoms with Crippen LogP contribution in [-0.4, -0.2) is 65.5 Å². The molecule has 134 valence electrons. The molecule has 0 unspecified atom stereocenters. The Morgan fingerprint density at radius 3 is 2.40 bits per heavy atom. The van der Waals surface area contributed by atoms with Gasteiger partial charge in [0.1, 0.15) is 12.1 Å². The molecule has 0 spiro atoms. The number of carboxylic acids is 1. The molecule has 0 saturated heterocycles. The number of carbonyl (C=O) groups excluding carboxylic acids is 1. The van der Waals surface area contributed by atoms with Crippen LogP contribution in [0.2, 0.25) is 0 Å². The van der Waals surface area contributed by atoms with E-state index in [9.17, 15) is 19.8 Å². The summed E-state index contributed by atoms with van der Waals surface area (Å²) >= 11 is 0. The van der Waals surface area contributed by atoms with Crippen molar-refractivity contribution in [2.45, 2.75) is 12.5 Å². The van der Waals surface area contributed by atoms with Gasteiger partial charge in [0, 0.05) is 5.39 Å². The Balaban J connectivity index is 2.40. The Bertz CT molecular complexity index is 809. The first kappa shape index (κ1) is 18.5. The first-order chi connectivity index (χ1) is 11.6. The lowest BCUT2D eigenvalue weighted by Crippen LogP contribution is -2.43. The number of phenolic OH excluding ortho intramolecular Hbond substituents is 2. The second-order valence-corrected chi connectivity index (χ2v) is 6.94. The number of nitrogens with zero attached hydrogens (tertiary/aromatic N) is 1. The zero-order chi connectivity index (χ0) is 18.8. The molecule has 2 aromatic rings. The second-order valence-electron chi connectivity index (χ2n) is 6.94. The normalized spacial score (nSPS) is 12.8. The number of esters is 1. The van der Waals surface area contributed by atoms with Gasteiger partial charge in [-0.25, -0.2) is 4.79 Å². The van der Waals surface area contributed by atoms with E-state index in [4.69, 9.17) is 9.84 Å². The standard InChI is InChI=1S/C18H21NO6/c1-19(2,3)10-12(9-15(21)22)25-18(24)16-13-7-5-4-6-11(13)8-14(20)17(16)23/h4-8,12H,9-10H2,1-3H3,(H2-,20,21,22,23,24)/p+1/t12-/m1/s1. The smallest absolute Gasteiger partial charge is 0.343 e. The molecule has 0 bridgehead atoms. The fraction of sp³-hybridized carbons (Fsp3) is 0.333. The molecule has 1 atom stereocenters. The summed E-state index contributed by atoms with van der Waals surface area (Å²) in [5.41, 5.74) is -0.174. The Morgan fingerprint density at radius 1 is 1.16 bits per heavy atom. The van der Waals surface area contributed by atoms with Gasteiger partial charge in [-0.3, -0.25) is 4.79 Å². The van der Waals surface area contributed by atoms with Gasteiger partial charge in [-0.2, -0.15) is 0 Å². The molecule has 0 aromatic heterocycles. The van der Waals surface area contributed by atoms with Crippen LogP contribution in [0.4, 0.5) is 0 Å². The minimum Gasteiger partial charge on any atom is -0.504 e. The van der Waals surface area contributed by atoms with E-state index in [0.29, 0.717) is 15.3 Å². The molecule has 0 saturated carbocycles. The SMILES string of the molecule is C[N+](C)(C)C[C@@H](CC(=O)O)OC(=O)c1c(O)c(O)cc2ccccc12. The van der Waals surface area contributed by atoms with E-state index in [1.54, 1.807) is 24.3 Å². The molecule has 2 rings (SSSR count). The molecule has 0 aliphatic carbocycles. The summed E-state index contributed by atoms with van der Waals surface area (Å²) in [6, 6.07) is 8.08. The number of aromatic hydroxyl groups is 2. The summed E-state index contributed by atoms with van der Waals surface area (Å²) in [7, 11) is 5.55. The largest absolute Gasteiger partial charge is 0.504 e. The van der Waals surface area contributed by atoms with Crippen LogP contribution in [0, 0.1) is 0 Å². The van der Waals surface area contributed by atoms with Gasteiger partial charge < -0.3 is 24.5 Å². The van der Waals surface area contributed by atoms with Crippen molar-refractivity contribution in [2.75, 3.05) is 27.7 Å². The van der Waals surface area contributed by atoms with E-state index in [0.717, 1.165) is 0 Å². The topological polar surface area (TPSA) is 104 Å². The van der Waals surface area contributed by atoms with Crippen molar-refractivity contribution in [1.82, 2.24) is 0 Å². The third-order valence-corrected chi connectivity index (χ3v) is 3.63. The van der Waals surface area contributed by atoms with Crippen LogP contribution in [0.1, 0.15) is 16.8 Å². The van der Waals surface area contributed by atoms with Crippen molar-refractivity contribution >= 4 is 22.7 Å². The predicted molar refractivity (Wildman–Crippen MR) is 91.6 cm³/mol. The summed E-state index contributed by atoms with van der Waals surface area (Å²) in [6.07, 6.45) is -1.22. The van der Waals surface area contributed by atoms with Gasteiger partial charge in [0.15, 0.2) is 17.6 Å². The first-order valence-corrected chi connectivity index (χ1v) is 7.75. The van der Waals surface area contributed by atoms with Crippen LogP contribution < -0.4 is 0 Å². The molecule has 7 nitrogen and oxygen atoms in total. The average Bonchev–Trinajstić information content (AvgIpc) is 2.45. The molecule has 0 radical (unpaired) electrons. The number of phenols is 2. The second kappa shape index (κ2) is 6.98. The number of carboxylic acid groups (broad SMARTS) is 1. The van der Waals surface area contributed by atoms with E-state index in [2.05, 4.69) is 0 Å². The zero-order valence-corrected chi connectivity index (χ0v) is 14.4. The molecule has 2 aromatic carbocycles. The lowest BCUT2D eigenvalue weighted by atomic mass is 10.0. The average molecular weight is 348 g/mol. The van der Waals surface area contributed by atoms with Crippen molar-refractivity contribution in [3.8, 4) is 11.5 Å². The van der Waals surface area contributed by atoms with Crippen LogP contribution in [0.25, 0.3) is 10.8 Å². The Morgan fingerprint density at radius 2 is 1.80 bits per heavy atom. The van der Waals surface area contributed by atoms with Crippen LogP contribution in [0.3, 0.4) is 0 Å². The van der Waals surface area contributed by atoms with E-state index in [1.165, 1.54) is 6.07 Å². The number of carbonyl (C=O) groups is 2. The monoisotopic (exact) mass is 348 g/mol. The Labute approximate surface area is 145 Å². The third kappa shape index (κ3) is 4.60. The summed E-state index contributed by atoms with van der Waals surface area (Å²) in [4.78, 5) is 23.7. The van der Waals surface area contributed by atoms with E-state index in [1.807, 2.05) is 21.1 Å².